The van der Waals surface area contributed by atoms with Crippen LogP contribution in [0.25, 0.3) is 0 Å². The number of benzene rings is 1. The zero-order chi connectivity index (χ0) is 22.4. The van der Waals surface area contributed by atoms with E-state index in [-0.39, 0.29) is 6.42 Å². The van der Waals surface area contributed by atoms with Crippen LogP contribution in [0.3, 0.4) is 0 Å². The number of halogens is 3. The number of nitrogens with two attached hydrogens (primary N) is 1. The molecule has 1 aromatic rings. The van der Waals surface area contributed by atoms with Crippen LogP contribution in [-0.2, 0) is 33.6 Å². The van der Waals surface area contributed by atoms with E-state index in [0.717, 1.165) is 38.6 Å². The molecule has 1 aromatic carbocycles. The Bertz CT molecular complexity index is 778. The first-order valence-electron chi connectivity index (χ1n) is 11.2. The van der Waals surface area contributed by atoms with Gasteiger partial charge in [-0.05, 0) is 87.4 Å². The first kappa shape index (κ1) is 23.7. The van der Waals surface area contributed by atoms with Gasteiger partial charge in [0.25, 0.3) is 0 Å². The quantitative estimate of drug-likeness (QED) is 0.341. The van der Waals surface area contributed by atoms with Crippen molar-refractivity contribution in [2.45, 2.75) is 82.5 Å². The third-order valence-electron chi connectivity index (χ3n) is 6.09. The largest absolute Gasteiger partial charge is 0.491 e. The number of carbonyl (C=O) groups excluding carboxylic acids is 2. The van der Waals surface area contributed by atoms with Gasteiger partial charge in [0, 0.05) is 12.6 Å². The van der Waals surface area contributed by atoms with Crippen molar-refractivity contribution in [3.63, 3.8) is 0 Å². The average molecular weight is 441 g/mol. The van der Waals surface area contributed by atoms with Crippen LogP contribution in [0.5, 0.6) is 0 Å². The third kappa shape index (κ3) is 7.31. The molecule has 31 heavy (non-hydrogen) atoms. The molecule has 0 radical (unpaired) electrons. The number of nitrogens with zero attached hydrogens (tertiary/aromatic N) is 1. The van der Waals surface area contributed by atoms with Crippen molar-refractivity contribution in [1.82, 2.24) is 4.90 Å². The predicted molar refractivity (Wildman–Crippen MR) is 110 cm³/mol. The van der Waals surface area contributed by atoms with Gasteiger partial charge in [-0.2, -0.15) is 13.2 Å². The first-order chi connectivity index (χ1) is 14.7. The molecule has 2 aliphatic rings. The van der Waals surface area contributed by atoms with Crippen LogP contribution in [0.1, 0.15) is 61.6 Å². The van der Waals surface area contributed by atoms with E-state index in [1.165, 1.54) is 42.4 Å². The summed E-state index contributed by atoms with van der Waals surface area (Å²) in [6.45, 7) is 1.36. The van der Waals surface area contributed by atoms with Crippen LogP contribution in [0.15, 0.2) is 18.2 Å². The maximum Gasteiger partial charge on any atom is 0.491 e. The third-order valence-corrected chi connectivity index (χ3v) is 6.09. The average Bonchev–Trinajstić information content (AvgIpc) is 3.57. The van der Waals surface area contributed by atoms with Crippen molar-refractivity contribution in [3.8, 4) is 0 Å². The maximum atomic E-state index is 12.2. The number of hydrogen-bond donors (Lipinski definition) is 1. The van der Waals surface area contributed by atoms with Gasteiger partial charge in [-0.25, -0.2) is 9.59 Å². The van der Waals surface area contributed by atoms with Crippen molar-refractivity contribution in [3.05, 3.63) is 34.9 Å². The minimum Gasteiger partial charge on any atom is -0.385 e. The molecule has 0 aliphatic heterocycles. The first-order valence-corrected chi connectivity index (χ1v) is 11.2. The zero-order valence-electron chi connectivity index (χ0n) is 17.8. The number of carbonyl (C=O) groups is 2. The maximum absolute atomic E-state index is 12.2. The van der Waals surface area contributed by atoms with Gasteiger partial charge < -0.3 is 15.4 Å². The van der Waals surface area contributed by atoms with Crippen LogP contribution in [0, 0.1) is 0 Å². The highest BCUT2D eigenvalue weighted by Gasteiger charge is 2.43. The van der Waals surface area contributed by atoms with Crippen molar-refractivity contribution >= 4 is 11.9 Å². The van der Waals surface area contributed by atoms with E-state index < -0.39 is 24.2 Å². The van der Waals surface area contributed by atoms with Crippen molar-refractivity contribution in [1.29, 1.82) is 0 Å². The smallest absolute Gasteiger partial charge is 0.385 e. The Kier molecular flexibility index (Phi) is 8.11. The summed E-state index contributed by atoms with van der Waals surface area (Å²) in [5, 5.41) is 0. The van der Waals surface area contributed by atoms with Crippen LogP contribution >= 0.6 is 0 Å². The van der Waals surface area contributed by atoms with E-state index >= 15 is 0 Å². The Morgan fingerprint density at radius 2 is 1.81 bits per heavy atom. The highest BCUT2D eigenvalue weighted by Crippen LogP contribution is 2.28. The second-order valence-electron chi connectivity index (χ2n) is 8.64. The predicted octanol–water partition coefficient (Wildman–Crippen LogP) is 3.70. The molecule has 0 unspecified atom stereocenters. The number of aryl methyl sites for hydroxylation is 3. The lowest BCUT2D eigenvalue weighted by Gasteiger charge is -2.23. The number of hydrogen-bond acceptors (Lipinski definition) is 5. The summed E-state index contributed by atoms with van der Waals surface area (Å²) < 4.78 is 40.4. The molecule has 2 aliphatic carbocycles. The highest BCUT2D eigenvalue weighted by atomic mass is 19.4. The zero-order valence-corrected chi connectivity index (χ0v) is 17.8. The summed E-state index contributed by atoms with van der Waals surface area (Å²) in [6, 6.07) is 6.05. The number of fused-ring (bicyclic) bond motifs is 1. The number of rotatable bonds is 10. The molecule has 0 aromatic heterocycles. The van der Waals surface area contributed by atoms with E-state index in [1.54, 1.807) is 0 Å². The van der Waals surface area contributed by atoms with E-state index in [0.29, 0.717) is 12.6 Å². The lowest BCUT2D eigenvalue weighted by Crippen LogP contribution is -2.40. The number of esters is 2. The molecule has 0 amide bonds. The molecule has 8 heteroatoms. The number of unbranched alkanes of at least 4 members (excludes halogenated alkanes) is 1. The SMILES string of the molecule is N[C@@H](CCN(CCCCc1ccc2c(c1)CCCC2)C1CC1)C(=O)OC(=O)C(F)(F)F. The lowest BCUT2D eigenvalue weighted by atomic mass is 9.89. The van der Waals surface area contributed by atoms with Crippen LogP contribution in [0.4, 0.5) is 13.2 Å². The summed E-state index contributed by atoms with van der Waals surface area (Å²) in [5.74, 6) is -3.85. The Labute approximate surface area is 181 Å². The molecule has 5 nitrogen and oxygen atoms in total. The van der Waals surface area contributed by atoms with E-state index in [9.17, 15) is 22.8 Å². The second kappa shape index (κ2) is 10.6. The van der Waals surface area contributed by atoms with Crippen LogP contribution in [-0.4, -0.2) is 48.2 Å². The van der Waals surface area contributed by atoms with Gasteiger partial charge in [0.1, 0.15) is 6.04 Å². The van der Waals surface area contributed by atoms with Gasteiger partial charge in [-0.1, -0.05) is 18.2 Å². The summed E-state index contributed by atoms with van der Waals surface area (Å²) in [4.78, 5) is 24.6. The topological polar surface area (TPSA) is 72.6 Å². The fourth-order valence-corrected chi connectivity index (χ4v) is 4.15. The van der Waals surface area contributed by atoms with Crippen molar-refractivity contribution in [2.75, 3.05) is 13.1 Å². The summed E-state index contributed by atoms with van der Waals surface area (Å²) in [7, 11) is 0. The monoisotopic (exact) mass is 440 g/mol. The lowest BCUT2D eigenvalue weighted by molar-refractivity contribution is -0.202. The molecular formula is C23H31F3N2O3. The summed E-state index contributed by atoms with van der Waals surface area (Å²) in [5.41, 5.74) is 10.00. The van der Waals surface area contributed by atoms with Gasteiger partial charge in [-0.15, -0.1) is 0 Å². The molecule has 0 heterocycles. The molecule has 172 valence electrons. The van der Waals surface area contributed by atoms with Crippen LogP contribution < -0.4 is 5.73 Å². The summed E-state index contributed by atoms with van der Waals surface area (Å²) >= 11 is 0. The van der Waals surface area contributed by atoms with Gasteiger partial charge in [-0.3, -0.25) is 0 Å². The normalized spacial score (nSPS) is 17.3. The van der Waals surface area contributed by atoms with E-state index in [2.05, 4.69) is 27.8 Å². The Morgan fingerprint density at radius 3 is 2.48 bits per heavy atom. The Balaban J connectivity index is 1.38. The minimum atomic E-state index is -5.20. The molecule has 0 spiro atoms. The highest BCUT2D eigenvalue weighted by molar-refractivity contribution is 5.90. The van der Waals surface area contributed by atoms with Gasteiger partial charge in [0.15, 0.2) is 0 Å². The molecule has 1 atom stereocenters. The Morgan fingerprint density at radius 1 is 1.10 bits per heavy atom. The fourth-order valence-electron chi connectivity index (χ4n) is 4.15. The van der Waals surface area contributed by atoms with Gasteiger partial charge >= 0.3 is 18.1 Å². The molecule has 1 saturated carbocycles. The molecule has 3 rings (SSSR count). The molecule has 2 N–H and O–H groups in total. The van der Waals surface area contributed by atoms with Crippen LogP contribution in [0.2, 0.25) is 0 Å². The molecule has 0 saturated heterocycles. The molecule has 0 bridgehead atoms. The summed E-state index contributed by atoms with van der Waals surface area (Å²) in [6.07, 6.45) is 5.11. The van der Waals surface area contributed by atoms with Crippen molar-refractivity contribution < 1.29 is 27.5 Å². The second-order valence-corrected chi connectivity index (χ2v) is 8.64. The fraction of sp³-hybridized carbons (Fsp3) is 0.652. The number of ether oxygens (including phenoxy) is 1. The Hall–Kier alpha value is -1.93. The van der Waals surface area contributed by atoms with Gasteiger partial charge in [0.2, 0.25) is 0 Å². The minimum absolute atomic E-state index is 0.158. The van der Waals surface area contributed by atoms with E-state index in [1.807, 2.05) is 0 Å². The number of alkyl halides is 3. The molecular weight excluding hydrogens is 409 g/mol. The van der Waals surface area contributed by atoms with Crippen molar-refractivity contribution in [2.24, 2.45) is 5.73 Å². The standard InChI is InChI=1S/C23H31F3N2O3/c24-23(25,26)22(30)31-21(29)20(27)12-14-28(19-10-11-19)13-4-3-5-16-8-9-17-6-1-2-7-18(17)15-16/h8-9,15,19-20H,1-7,10-14,27H2/t20-/m0/s1. The van der Waals surface area contributed by atoms with E-state index in [4.69, 9.17) is 5.73 Å². The molecule has 1 fully saturated rings. The van der Waals surface area contributed by atoms with Gasteiger partial charge in [0.05, 0.1) is 0 Å².